The Morgan fingerprint density at radius 3 is 2.74 bits per heavy atom. The lowest BCUT2D eigenvalue weighted by molar-refractivity contribution is -0.133. The topological polar surface area (TPSA) is 41.6 Å². The van der Waals surface area contributed by atoms with E-state index in [9.17, 15) is 4.79 Å². The lowest BCUT2D eigenvalue weighted by Crippen LogP contribution is -2.37. The van der Waals surface area contributed by atoms with Crippen LogP contribution in [-0.2, 0) is 4.79 Å². The van der Waals surface area contributed by atoms with Crippen molar-refractivity contribution in [3.05, 3.63) is 28.2 Å². The highest BCUT2D eigenvalue weighted by molar-refractivity contribution is 6.37. The second kappa shape index (κ2) is 6.98. The van der Waals surface area contributed by atoms with Gasteiger partial charge in [0.05, 0.1) is 10.0 Å². The van der Waals surface area contributed by atoms with Crippen molar-refractivity contribution in [2.24, 2.45) is 0 Å². The van der Waals surface area contributed by atoms with E-state index >= 15 is 0 Å². The molecule has 1 fully saturated rings. The largest absolute Gasteiger partial charge is 0.481 e. The van der Waals surface area contributed by atoms with Crippen LogP contribution in [0.4, 0.5) is 0 Å². The van der Waals surface area contributed by atoms with Crippen molar-refractivity contribution < 1.29 is 9.53 Å². The molecule has 1 saturated heterocycles. The molecule has 1 aliphatic heterocycles. The molecule has 0 atom stereocenters. The molecule has 6 heteroatoms. The van der Waals surface area contributed by atoms with Crippen LogP contribution in [0, 0.1) is 0 Å². The molecule has 1 amide bonds. The number of para-hydroxylation sites is 1. The minimum Gasteiger partial charge on any atom is -0.481 e. The fourth-order valence-electron chi connectivity index (χ4n) is 1.94. The number of hydrogen-bond donors (Lipinski definition) is 1. The lowest BCUT2D eigenvalue weighted by Gasteiger charge is -2.20. The maximum atomic E-state index is 12.0. The zero-order chi connectivity index (χ0) is 13.7. The molecule has 0 saturated carbocycles. The van der Waals surface area contributed by atoms with E-state index in [2.05, 4.69) is 5.32 Å². The van der Waals surface area contributed by atoms with E-state index in [0.29, 0.717) is 22.3 Å². The van der Waals surface area contributed by atoms with Crippen molar-refractivity contribution in [2.75, 3.05) is 32.8 Å². The average Bonchev–Trinajstić information content (AvgIpc) is 2.66. The molecule has 104 valence electrons. The Morgan fingerprint density at radius 1 is 1.26 bits per heavy atom. The Balaban J connectivity index is 1.92. The van der Waals surface area contributed by atoms with Gasteiger partial charge in [-0.2, -0.15) is 0 Å². The normalized spacial score (nSPS) is 16.0. The van der Waals surface area contributed by atoms with Crippen LogP contribution in [0.25, 0.3) is 0 Å². The van der Waals surface area contributed by atoms with Crippen LogP contribution in [0.2, 0.25) is 10.0 Å². The number of halogens is 2. The fraction of sp³-hybridized carbons (Fsp3) is 0.462. The molecule has 2 rings (SSSR count). The Labute approximate surface area is 122 Å². The van der Waals surface area contributed by atoms with Gasteiger partial charge in [0, 0.05) is 19.6 Å². The average molecular weight is 303 g/mol. The number of benzene rings is 1. The number of rotatable bonds is 3. The van der Waals surface area contributed by atoms with E-state index in [1.54, 1.807) is 23.1 Å². The van der Waals surface area contributed by atoms with Gasteiger partial charge in [0.25, 0.3) is 5.91 Å². The summed E-state index contributed by atoms with van der Waals surface area (Å²) in [7, 11) is 0. The van der Waals surface area contributed by atoms with Crippen molar-refractivity contribution in [1.82, 2.24) is 10.2 Å². The van der Waals surface area contributed by atoms with Crippen LogP contribution in [-0.4, -0.2) is 43.6 Å². The van der Waals surface area contributed by atoms with Gasteiger partial charge in [0.15, 0.2) is 12.4 Å². The van der Waals surface area contributed by atoms with Crippen molar-refractivity contribution >= 4 is 29.1 Å². The molecule has 0 bridgehead atoms. The maximum absolute atomic E-state index is 12.0. The van der Waals surface area contributed by atoms with Gasteiger partial charge in [-0.05, 0) is 25.1 Å². The summed E-state index contributed by atoms with van der Waals surface area (Å²) in [6.45, 7) is 3.19. The predicted molar refractivity (Wildman–Crippen MR) is 76.0 cm³/mol. The zero-order valence-corrected chi connectivity index (χ0v) is 12.0. The predicted octanol–water partition coefficient (Wildman–Crippen LogP) is 2.19. The molecule has 1 aliphatic rings. The third-order valence-corrected chi connectivity index (χ3v) is 3.55. The van der Waals surface area contributed by atoms with E-state index in [1.165, 1.54) is 0 Å². The summed E-state index contributed by atoms with van der Waals surface area (Å²) < 4.78 is 5.45. The van der Waals surface area contributed by atoms with Crippen molar-refractivity contribution in [3.8, 4) is 5.75 Å². The Bertz CT molecular complexity index is 426. The summed E-state index contributed by atoms with van der Waals surface area (Å²) in [5.74, 6) is 0.326. The molecule has 4 nitrogen and oxygen atoms in total. The summed E-state index contributed by atoms with van der Waals surface area (Å²) in [5.41, 5.74) is 0. The molecule has 0 spiro atoms. The minimum absolute atomic E-state index is 0.0382. The van der Waals surface area contributed by atoms with Gasteiger partial charge in [-0.25, -0.2) is 0 Å². The first-order valence-electron chi connectivity index (χ1n) is 6.24. The quantitative estimate of drug-likeness (QED) is 0.931. The van der Waals surface area contributed by atoms with Gasteiger partial charge in [0.1, 0.15) is 0 Å². The Kier molecular flexibility index (Phi) is 5.31. The molecule has 1 aromatic rings. The molecule has 1 aromatic carbocycles. The second-order valence-corrected chi connectivity index (χ2v) is 5.14. The Hall–Kier alpha value is -0.970. The molecular formula is C13H16Cl2N2O2. The van der Waals surface area contributed by atoms with Gasteiger partial charge >= 0.3 is 0 Å². The number of nitrogens with one attached hydrogen (secondary N) is 1. The molecule has 1 N–H and O–H groups in total. The SMILES string of the molecule is O=C(COc1c(Cl)cccc1Cl)N1CCCNCC1. The highest BCUT2D eigenvalue weighted by atomic mass is 35.5. The van der Waals surface area contributed by atoms with Crippen LogP contribution >= 0.6 is 23.2 Å². The van der Waals surface area contributed by atoms with Gasteiger partial charge in [-0.3, -0.25) is 4.79 Å². The molecule has 0 radical (unpaired) electrons. The second-order valence-electron chi connectivity index (χ2n) is 4.32. The van der Waals surface area contributed by atoms with E-state index in [4.69, 9.17) is 27.9 Å². The van der Waals surface area contributed by atoms with E-state index in [0.717, 1.165) is 26.1 Å². The lowest BCUT2D eigenvalue weighted by atomic mass is 10.3. The first-order chi connectivity index (χ1) is 9.18. The van der Waals surface area contributed by atoms with Gasteiger partial charge in [0.2, 0.25) is 0 Å². The van der Waals surface area contributed by atoms with Crippen LogP contribution < -0.4 is 10.1 Å². The van der Waals surface area contributed by atoms with Crippen LogP contribution in [0.15, 0.2) is 18.2 Å². The zero-order valence-electron chi connectivity index (χ0n) is 10.5. The molecule has 1 heterocycles. The third kappa shape index (κ3) is 4.00. The summed E-state index contributed by atoms with van der Waals surface area (Å²) >= 11 is 12.0. The van der Waals surface area contributed by atoms with Crippen molar-refractivity contribution in [3.63, 3.8) is 0 Å². The summed E-state index contributed by atoms with van der Waals surface area (Å²) in [4.78, 5) is 13.8. The van der Waals surface area contributed by atoms with Crippen molar-refractivity contribution in [1.29, 1.82) is 0 Å². The number of hydrogen-bond acceptors (Lipinski definition) is 3. The van der Waals surface area contributed by atoms with E-state index in [1.807, 2.05) is 0 Å². The van der Waals surface area contributed by atoms with Crippen LogP contribution in [0.5, 0.6) is 5.75 Å². The Morgan fingerprint density at radius 2 is 2.00 bits per heavy atom. The van der Waals surface area contributed by atoms with E-state index in [-0.39, 0.29) is 12.5 Å². The van der Waals surface area contributed by atoms with Gasteiger partial charge < -0.3 is 15.0 Å². The number of ether oxygens (including phenoxy) is 1. The van der Waals surface area contributed by atoms with Crippen LogP contribution in [0.1, 0.15) is 6.42 Å². The van der Waals surface area contributed by atoms with Crippen LogP contribution in [0.3, 0.4) is 0 Å². The third-order valence-electron chi connectivity index (χ3n) is 2.95. The first kappa shape index (κ1) is 14.4. The minimum atomic E-state index is -0.0420. The van der Waals surface area contributed by atoms with Crippen molar-refractivity contribution in [2.45, 2.75) is 6.42 Å². The number of carbonyl (C=O) groups is 1. The first-order valence-corrected chi connectivity index (χ1v) is 6.99. The molecule has 0 unspecified atom stereocenters. The molecule has 0 aromatic heterocycles. The summed E-state index contributed by atoms with van der Waals surface area (Å²) in [5, 5.41) is 4.08. The summed E-state index contributed by atoms with van der Waals surface area (Å²) in [6, 6.07) is 5.10. The highest BCUT2D eigenvalue weighted by Gasteiger charge is 2.17. The van der Waals surface area contributed by atoms with E-state index < -0.39 is 0 Å². The highest BCUT2D eigenvalue weighted by Crippen LogP contribution is 2.32. The molecule has 19 heavy (non-hydrogen) atoms. The maximum Gasteiger partial charge on any atom is 0.260 e. The standard InChI is InChI=1S/C13H16Cl2N2O2/c14-10-3-1-4-11(15)13(10)19-9-12(18)17-7-2-5-16-6-8-17/h1,3-4,16H,2,5-9H2. The monoisotopic (exact) mass is 302 g/mol. The smallest absolute Gasteiger partial charge is 0.260 e. The van der Waals surface area contributed by atoms with Gasteiger partial charge in [-0.1, -0.05) is 29.3 Å². The summed E-state index contributed by atoms with van der Waals surface area (Å²) in [6.07, 6.45) is 0.957. The van der Waals surface area contributed by atoms with Gasteiger partial charge in [-0.15, -0.1) is 0 Å². The molecule has 0 aliphatic carbocycles. The number of amides is 1. The number of carbonyl (C=O) groups excluding carboxylic acids is 1. The molecular weight excluding hydrogens is 287 g/mol. The fourth-order valence-corrected chi connectivity index (χ4v) is 2.45. The number of nitrogens with zero attached hydrogens (tertiary/aromatic N) is 1.